The second-order valence-corrected chi connectivity index (χ2v) is 5.36. The largest absolute Gasteiger partial charge is 0.478 e. The number of nitrogens with zero attached hydrogens (tertiary/aromatic N) is 1. The lowest BCUT2D eigenvalue weighted by atomic mass is 9.81. The summed E-state index contributed by atoms with van der Waals surface area (Å²) in [6, 6.07) is 6.00. The van der Waals surface area contributed by atoms with Crippen molar-refractivity contribution in [1.82, 2.24) is 0 Å². The second-order valence-electron chi connectivity index (χ2n) is 5.36. The third-order valence-corrected chi connectivity index (χ3v) is 4.19. The van der Waals surface area contributed by atoms with Crippen LogP contribution in [0.2, 0.25) is 0 Å². The van der Waals surface area contributed by atoms with E-state index in [1.807, 2.05) is 0 Å². The summed E-state index contributed by atoms with van der Waals surface area (Å²) < 4.78 is 0. The lowest BCUT2D eigenvalue weighted by Crippen LogP contribution is -2.31. The zero-order chi connectivity index (χ0) is 14.3. The van der Waals surface area contributed by atoms with Crippen molar-refractivity contribution in [2.24, 2.45) is 11.8 Å². The number of anilines is 1. The lowest BCUT2D eigenvalue weighted by Gasteiger charge is -2.19. The minimum atomic E-state index is -1.07. The number of aromatic carboxylic acids is 1. The van der Waals surface area contributed by atoms with Gasteiger partial charge in [0.1, 0.15) is 0 Å². The maximum absolute atomic E-state index is 12.4. The van der Waals surface area contributed by atoms with Crippen molar-refractivity contribution < 1.29 is 19.5 Å². The van der Waals surface area contributed by atoms with Gasteiger partial charge < -0.3 is 5.11 Å². The zero-order valence-corrected chi connectivity index (χ0v) is 10.9. The standard InChI is InChI=1S/C15H15NO4/c17-13-11-6-1-2-7-12(11)14(18)16(13)10-5-3-4-9(8-10)15(19)20/h3-5,8,11-12H,1-2,6-7H2,(H,19,20)/t11-,12+. The topological polar surface area (TPSA) is 74.7 Å². The molecule has 3 rings (SSSR count). The Balaban J connectivity index is 1.97. The average molecular weight is 273 g/mol. The average Bonchev–Trinajstić information content (AvgIpc) is 2.72. The highest BCUT2D eigenvalue weighted by Crippen LogP contribution is 2.40. The minimum Gasteiger partial charge on any atom is -0.478 e. The number of benzene rings is 1. The fraction of sp³-hybridized carbons (Fsp3) is 0.400. The highest BCUT2D eigenvalue weighted by atomic mass is 16.4. The molecular formula is C15H15NO4. The normalized spacial score (nSPS) is 25.7. The molecule has 1 aromatic rings. The van der Waals surface area contributed by atoms with Crippen molar-refractivity contribution in [2.75, 3.05) is 4.90 Å². The molecule has 1 aromatic carbocycles. The summed E-state index contributed by atoms with van der Waals surface area (Å²) >= 11 is 0. The maximum atomic E-state index is 12.4. The van der Waals surface area contributed by atoms with Gasteiger partial charge in [-0.2, -0.15) is 0 Å². The molecule has 1 saturated carbocycles. The predicted octanol–water partition coefficient (Wildman–Crippen LogP) is 2.06. The minimum absolute atomic E-state index is 0.0815. The van der Waals surface area contributed by atoms with Gasteiger partial charge in [0.25, 0.3) is 0 Å². The van der Waals surface area contributed by atoms with E-state index in [0.29, 0.717) is 5.69 Å². The molecule has 2 amide bonds. The first kappa shape index (κ1) is 12.8. The van der Waals surface area contributed by atoms with Crippen LogP contribution in [0.5, 0.6) is 0 Å². The first-order valence-corrected chi connectivity index (χ1v) is 6.81. The molecule has 2 atom stereocenters. The lowest BCUT2D eigenvalue weighted by molar-refractivity contribution is -0.122. The number of hydrogen-bond acceptors (Lipinski definition) is 3. The molecule has 2 aliphatic rings. The Morgan fingerprint density at radius 2 is 1.70 bits per heavy atom. The van der Waals surface area contributed by atoms with Gasteiger partial charge in [0.05, 0.1) is 23.1 Å². The number of hydrogen-bond donors (Lipinski definition) is 1. The van der Waals surface area contributed by atoms with Gasteiger partial charge in [0.15, 0.2) is 0 Å². The van der Waals surface area contributed by atoms with Crippen molar-refractivity contribution in [3.05, 3.63) is 29.8 Å². The molecule has 2 fully saturated rings. The molecule has 0 spiro atoms. The Morgan fingerprint density at radius 3 is 2.25 bits per heavy atom. The molecule has 1 heterocycles. The van der Waals surface area contributed by atoms with Gasteiger partial charge in [-0.3, -0.25) is 14.5 Å². The Labute approximate surface area is 116 Å². The van der Waals surface area contributed by atoms with Crippen LogP contribution in [0.25, 0.3) is 0 Å². The number of amides is 2. The van der Waals surface area contributed by atoms with Crippen LogP contribution >= 0.6 is 0 Å². The third-order valence-electron chi connectivity index (χ3n) is 4.19. The highest BCUT2D eigenvalue weighted by molar-refractivity contribution is 6.22. The number of rotatable bonds is 2. The summed E-state index contributed by atoms with van der Waals surface area (Å²) in [5.74, 6) is -1.86. The smallest absolute Gasteiger partial charge is 0.335 e. The van der Waals surface area contributed by atoms with Gasteiger partial charge in [-0.1, -0.05) is 18.9 Å². The van der Waals surface area contributed by atoms with Gasteiger partial charge >= 0.3 is 5.97 Å². The predicted molar refractivity (Wildman–Crippen MR) is 71.3 cm³/mol. The molecule has 1 saturated heterocycles. The van der Waals surface area contributed by atoms with Gasteiger partial charge in [-0.05, 0) is 31.0 Å². The van der Waals surface area contributed by atoms with Gasteiger partial charge in [0.2, 0.25) is 11.8 Å². The maximum Gasteiger partial charge on any atom is 0.335 e. The monoisotopic (exact) mass is 273 g/mol. The SMILES string of the molecule is O=C(O)c1cccc(N2C(=O)[C@H]3CCCC[C@H]3C2=O)c1. The van der Waals surface area contributed by atoms with Crippen LogP contribution in [0.3, 0.4) is 0 Å². The van der Waals surface area contributed by atoms with E-state index in [2.05, 4.69) is 0 Å². The quantitative estimate of drug-likeness (QED) is 0.837. The van der Waals surface area contributed by atoms with E-state index in [1.165, 1.54) is 17.0 Å². The molecule has 20 heavy (non-hydrogen) atoms. The van der Waals surface area contributed by atoms with Crippen LogP contribution in [0.1, 0.15) is 36.0 Å². The first-order chi connectivity index (χ1) is 9.59. The van der Waals surface area contributed by atoms with E-state index in [4.69, 9.17) is 5.11 Å². The highest BCUT2D eigenvalue weighted by Gasteiger charge is 2.48. The van der Waals surface area contributed by atoms with Crippen LogP contribution in [0.15, 0.2) is 24.3 Å². The molecular weight excluding hydrogens is 258 g/mol. The number of carbonyl (C=O) groups excluding carboxylic acids is 2. The molecule has 0 unspecified atom stereocenters. The fourth-order valence-corrected chi connectivity index (χ4v) is 3.19. The Morgan fingerprint density at radius 1 is 1.10 bits per heavy atom. The van der Waals surface area contributed by atoms with E-state index >= 15 is 0 Å². The Hall–Kier alpha value is -2.17. The number of fused-ring (bicyclic) bond motifs is 1. The van der Waals surface area contributed by atoms with Gasteiger partial charge in [-0.25, -0.2) is 4.79 Å². The van der Waals surface area contributed by atoms with Crippen molar-refractivity contribution in [3.63, 3.8) is 0 Å². The fourth-order valence-electron chi connectivity index (χ4n) is 3.19. The van der Waals surface area contributed by atoms with Crippen molar-refractivity contribution >= 4 is 23.5 Å². The van der Waals surface area contributed by atoms with Crippen LogP contribution in [-0.2, 0) is 9.59 Å². The van der Waals surface area contributed by atoms with E-state index < -0.39 is 5.97 Å². The van der Waals surface area contributed by atoms with Gasteiger partial charge in [0, 0.05) is 0 Å². The summed E-state index contributed by atoms with van der Waals surface area (Å²) in [5.41, 5.74) is 0.451. The molecule has 0 aromatic heterocycles. The molecule has 5 heteroatoms. The molecule has 1 aliphatic carbocycles. The second kappa shape index (κ2) is 4.74. The van der Waals surface area contributed by atoms with E-state index in [9.17, 15) is 14.4 Å². The van der Waals surface area contributed by atoms with Crippen LogP contribution in [-0.4, -0.2) is 22.9 Å². The molecule has 0 bridgehead atoms. The number of imide groups is 1. The Kier molecular flexibility index (Phi) is 3.04. The van der Waals surface area contributed by atoms with Crippen LogP contribution in [0.4, 0.5) is 5.69 Å². The van der Waals surface area contributed by atoms with Crippen LogP contribution < -0.4 is 4.90 Å². The first-order valence-electron chi connectivity index (χ1n) is 6.81. The molecule has 1 aliphatic heterocycles. The summed E-state index contributed by atoms with van der Waals surface area (Å²) in [6.07, 6.45) is 3.46. The Bertz CT molecular complexity index is 571. The van der Waals surface area contributed by atoms with Crippen molar-refractivity contribution in [2.45, 2.75) is 25.7 Å². The summed E-state index contributed by atoms with van der Waals surface area (Å²) in [7, 11) is 0. The van der Waals surface area contributed by atoms with E-state index in [1.54, 1.807) is 12.1 Å². The molecule has 5 nitrogen and oxygen atoms in total. The van der Waals surface area contributed by atoms with Crippen molar-refractivity contribution in [3.8, 4) is 0 Å². The number of carboxylic acid groups (broad SMARTS) is 1. The van der Waals surface area contributed by atoms with Crippen molar-refractivity contribution in [1.29, 1.82) is 0 Å². The third kappa shape index (κ3) is 1.90. The molecule has 104 valence electrons. The van der Waals surface area contributed by atoms with E-state index in [0.717, 1.165) is 25.7 Å². The molecule has 1 N–H and O–H groups in total. The summed E-state index contributed by atoms with van der Waals surface area (Å²) in [6.45, 7) is 0. The molecule has 0 radical (unpaired) electrons. The zero-order valence-electron chi connectivity index (χ0n) is 10.9. The number of carboxylic acids is 1. The summed E-state index contributed by atoms with van der Waals surface area (Å²) in [4.78, 5) is 36.9. The summed E-state index contributed by atoms with van der Waals surface area (Å²) in [5, 5.41) is 9.00. The van der Waals surface area contributed by atoms with Gasteiger partial charge in [-0.15, -0.1) is 0 Å². The number of carbonyl (C=O) groups is 3. The van der Waals surface area contributed by atoms with Crippen LogP contribution in [0, 0.1) is 11.8 Å². The van der Waals surface area contributed by atoms with E-state index in [-0.39, 0.29) is 29.2 Å².